The van der Waals surface area contributed by atoms with Crippen molar-refractivity contribution in [3.8, 4) is 0 Å². The lowest BCUT2D eigenvalue weighted by Gasteiger charge is -2.34. The fourth-order valence-corrected chi connectivity index (χ4v) is 4.78. The fraction of sp³-hybridized carbons (Fsp3) is 0.737. The summed E-state index contributed by atoms with van der Waals surface area (Å²) in [6.45, 7) is 6.02. The van der Waals surface area contributed by atoms with Gasteiger partial charge < -0.3 is 9.80 Å². The summed E-state index contributed by atoms with van der Waals surface area (Å²) >= 11 is 0. The second-order valence-electron chi connectivity index (χ2n) is 7.68. The van der Waals surface area contributed by atoms with Crippen molar-refractivity contribution < 1.29 is 4.79 Å². The summed E-state index contributed by atoms with van der Waals surface area (Å²) in [6, 6.07) is 2.09. The maximum Gasteiger partial charge on any atom is 0.225 e. The van der Waals surface area contributed by atoms with Crippen molar-refractivity contribution >= 4 is 11.7 Å². The van der Waals surface area contributed by atoms with Gasteiger partial charge in [0, 0.05) is 43.9 Å². The van der Waals surface area contributed by atoms with E-state index < -0.39 is 0 Å². The summed E-state index contributed by atoms with van der Waals surface area (Å²) in [5.41, 5.74) is 1.09. The smallest absolute Gasteiger partial charge is 0.225 e. The maximum atomic E-state index is 12.9. The van der Waals surface area contributed by atoms with Crippen LogP contribution in [0.3, 0.4) is 0 Å². The highest BCUT2D eigenvalue weighted by atomic mass is 16.2. The Labute approximate surface area is 144 Å². The zero-order chi connectivity index (χ0) is 16.5. The minimum absolute atomic E-state index is 0.215. The molecule has 1 aliphatic carbocycles. The number of rotatable bonds is 3. The van der Waals surface area contributed by atoms with Gasteiger partial charge in [-0.25, -0.2) is 9.97 Å². The third-order valence-corrected chi connectivity index (χ3v) is 6.28. The molecule has 24 heavy (non-hydrogen) atoms. The number of amides is 1. The topological polar surface area (TPSA) is 49.3 Å². The van der Waals surface area contributed by atoms with Crippen LogP contribution in [-0.4, -0.2) is 47.0 Å². The van der Waals surface area contributed by atoms with Crippen LogP contribution in [-0.2, 0) is 11.2 Å². The Morgan fingerprint density at radius 2 is 1.83 bits per heavy atom. The second kappa shape index (κ2) is 6.69. The highest BCUT2D eigenvalue weighted by Crippen LogP contribution is 2.38. The summed E-state index contributed by atoms with van der Waals surface area (Å²) < 4.78 is 0. The van der Waals surface area contributed by atoms with Gasteiger partial charge >= 0.3 is 0 Å². The van der Waals surface area contributed by atoms with Gasteiger partial charge in [-0.1, -0.05) is 13.3 Å². The Kier molecular flexibility index (Phi) is 4.42. The first-order chi connectivity index (χ1) is 11.7. The van der Waals surface area contributed by atoms with Crippen molar-refractivity contribution in [2.45, 2.75) is 45.4 Å². The van der Waals surface area contributed by atoms with E-state index in [1.807, 2.05) is 0 Å². The van der Waals surface area contributed by atoms with E-state index in [4.69, 9.17) is 0 Å². The fourth-order valence-electron chi connectivity index (χ4n) is 4.78. The molecule has 0 aromatic carbocycles. The predicted octanol–water partition coefficient (Wildman–Crippen LogP) is 2.51. The predicted molar refractivity (Wildman–Crippen MR) is 93.8 cm³/mol. The quantitative estimate of drug-likeness (QED) is 0.855. The maximum absolute atomic E-state index is 12.9. The lowest BCUT2D eigenvalue weighted by Crippen LogP contribution is -2.42. The van der Waals surface area contributed by atoms with E-state index >= 15 is 0 Å². The van der Waals surface area contributed by atoms with Crippen molar-refractivity contribution in [3.05, 3.63) is 18.1 Å². The van der Waals surface area contributed by atoms with Crippen LogP contribution in [0.1, 0.15) is 44.7 Å². The number of carbonyl (C=O) groups excluding carboxylic acids is 1. The van der Waals surface area contributed by atoms with E-state index in [1.165, 1.54) is 19.3 Å². The minimum Gasteiger partial charge on any atom is -0.356 e. The van der Waals surface area contributed by atoms with E-state index in [0.717, 1.165) is 68.8 Å². The van der Waals surface area contributed by atoms with Gasteiger partial charge in [0.1, 0.15) is 12.1 Å². The number of anilines is 1. The number of fused-ring (bicyclic) bond motifs is 1. The summed E-state index contributed by atoms with van der Waals surface area (Å²) in [4.78, 5) is 26.0. The highest BCUT2D eigenvalue weighted by molar-refractivity contribution is 5.79. The second-order valence-corrected chi connectivity index (χ2v) is 7.68. The van der Waals surface area contributed by atoms with Gasteiger partial charge in [-0.15, -0.1) is 0 Å². The molecule has 5 heteroatoms. The molecule has 0 bridgehead atoms. The van der Waals surface area contributed by atoms with E-state index in [0.29, 0.717) is 5.91 Å². The van der Waals surface area contributed by atoms with Crippen LogP contribution >= 0.6 is 0 Å². The van der Waals surface area contributed by atoms with Crippen molar-refractivity contribution in [1.82, 2.24) is 14.9 Å². The number of carbonyl (C=O) groups is 1. The van der Waals surface area contributed by atoms with E-state index in [9.17, 15) is 4.79 Å². The lowest BCUT2D eigenvalue weighted by atomic mass is 9.95. The summed E-state index contributed by atoms with van der Waals surface area (Å²) in [5.74, 6) is 3.24. The Morgan fingerprint density at radius 3 is 2.50 bits per heavy atom. The van der Waals surface area contributed by atoms with Crippen LogP contribution in [0.15, 0.2) is 12.4 Å². The SMILES string of the molecule is CCc1cc(N2CCC(C(=O)N3CC4CCCC4C3)CC2)ncn1. The van der Waals surface area contributed by atoms with Gasteiger partial charge in [0.2, 0.25) is 5.91 Å². The van der Waals surface area contributed by atoms with E-state index in [2.05, 4.69) is 32.8 Å². The van der Waals surface area contributed by atoms with Gasteiger partial charge in [0.05, 0.1) is 0 Å². The molecule has 2 aliphatic heterocycles. The first kappa shape index (κ1) is 15.9. The number of hydrogen-bond acceptors (Lipinski definition) is 4. The van der Waals surface area contributed by atoms with Gasteiger partial charge in [0.15, 0.2) is 0 Å². The molecule has 3 fully saturated rings. The molecule has 2 atom stereocenters. The molecule has 3 heterocycles. The Balaban J connectivity index is 1.33. The molecule has 3 aliphatic rings. The number of hydrogen-bond donors (Lipinski definition) is 0. The molecule has 130 valence electrons. The molecule has 0 spiro atoms. The number of aromatic nitrogens is 2. The molecular formula is C19H28N4O. The van der Waals surface area contributed by atoms with Crippen LogP contribution in [0.4, 0.5) is 5.82 Å². The highest BCUT2D eigenvalue weighted by Gasteiger charge is 2.40. The molecule has 2 unspecified atom stereocenters. The standard InChI is InChI=1S/C19H28N4O/c1-2-17-10-18(21-13-20-17)22-8-6-14(7-9-22)19(24)23-11-15-4-3-5-16(15)12-23/h10,13-16H,2-9,11-12H2,1H3. The minimum atomic E-state index is 0.215. The van der Waals surface area contributed by atoms with Crippen LogP contribution in [0.5, 0.6) is 0 Å². The number of piperidine rings is 1. The van der Waals surface area contributed by atoms with Gasteiger partial charge in [-0.05, 0) is 43.9 Å². The van der Waals surface area contributed by atoms with Crippen LogP contribution < -0.4 is 4.90 Å². The summed E-state index contributed by atoms with van der Waals surface area (Å²) in [7, 11) is 0. The van der Waals surface area contributed by atoms with E-state index in [1.54, 1.807) is 6.33 Å². The van der Waals surface area contributed by atoms with Crippen LogP contribution in [0.25, 0.3) is 0 Å². The third-order valence-electron chi connectivity index (χ3n) is 6.28. The first-order valence-corrected chi connectivity index (χ1v) is 9.59. The molecular weight excluding hydrogens is 300 g/mol. The third kappa shape index (κ3) is 3.01. The largest absolute Gasteiger partial charge is 0.356 e. The van der Waals surface area contributed by atoms with Gasteiger partial charge in [-0.3, -0.25) is 4.79 Å². The number of aryl methyl sites for hydroxylation is 1. The average molecular weight is 328 g/mol. The molecule has 1 aromatic heterocycles. The summed E-state index contributed by atoms with van der Waals surface area (Å²) in [6.07, 6.45) is 8.54. The van der Waals surface area contributed by atoms with Crippen LogP contribution in [0, 0.1) is 17.8 Å². The average Bonchev–Trinajstić information content (AvgIpc) is 3.23. The van der Waals surface area contributed by atoms with Gasteiger partial charge in [-0.2, -0.15) is 0 Å². The molecule has 0 N–H and O–H groups in total. The number of nitrogens with zero attached hydrogens (tertiary/aromatic N) is 4. The lowest BCUT2D eigenvalue weighted by molar-refractivity contribution is -0.135. The monoisotopic (exact) mass is 328 g/mol. The van der Waals surface area contributed by atoms with Crippen molar-refractivity contribution in [2.24, 2.45) is 17.8 Å². The molecule has 1 saturated carbocycles. The summed E-state index contributed by atoms with van der Waals surface area (Å²) in [5, 5.41) is 0. The van der Waals surface area contributed by atoms with Crippen molar-refractivity contribution in [1.29, 1.82) is 0 Å². The Hall–Kier alpha value is -1.65. The zero-order valence-corrected chi connectivity index (χ0v) is 14.7. The van der Waals surface area contributed by atoms with Crippen LogP contribution in [0.2, 0.25) is 0 Å². The molecule has 5 nitrogen and oxygen atoms in total. The Bertz CT molecular complexity index is 585. The first-order valence-electron chi connectivity index (χ1n) is 9.59. The van der Waals surface area contributed by atoms with Crippen molar-refractivity contribution in [2.75, 3.05) is 31.1 Å². The zero-order valence-electron chi connectivity index (χ0n) is 14.7. The molecule has 1 aromatic rings. The molecule has 1 amide bonds. The molecule has 4 rings (SSSR count). The molecule has 0 radical (unpaired) electrons. The number of likely N-dealkylation sites (tertiary alicyclic amines) is 1. The Morgan fingerprint density at radius 1 is 1.12 bits per heavy atom. The normalized spacial score (nSPS) is 27.5. The van der Waals surface area contributed by atoms with E-state index in [-0.39, 0.29) is 5.92 Å². The van der Waals surface area contributed by atoms with Gasteiger partial charge in [0.25, 0.3) is 0 Å². The van der Waals surface area contributed by atoms with Crippen molar-refractivity contribution in [3.63, 3.8) is 0 Å². The molecule has 2 saturated heterocycles.